The van der Waals surface area contributed by atoms with Gasteiger partial charge in [-0.2, -0.15) is 0 Å². The predicted molar refractivity (Wildman–Crippen MR) is 317 cm³/mol. The Bertz CT molecular complexity index is 1270. The largest absolute Gasteiger partial charge is 0.756 e. The second-order valence-electron chi connectivity index (χ2n) is 23.6. The molecule has 3 atom stereocenters. The number of carbonyl (C=O) groups excluding carboxylic acids is 2. The van der Waals surface area contributed by atoms with Crippen LogP contribution in [0.25, 0.3) is 0 Å². The van der Waals surface area contributed by atoms with E-state index in [1.807, 2.05) is 33.3 Å². The summed E-state index contributed by atoms with van der Waals surface area (Å²) in [6, 6.07) is -0.879. The molecule has 0 aliphatic rings. The number of phosphoric ester groups is 1. The third-order valence-electron chi connectivity index (χ3n) is 15.0. The van der Waals surface area contributed by atoms with Crippen molar-refractivity contribution in [1.29, 1.82) is 0 Å². The number of nitrogens with zero attached hydrogens (tertiary/aromatic N) is 1. The Morgan fingerprint density at radius 3 is 1.11 bits per heavy atom. The molecule has 0 aliphatic heterocycles. The highest BCUT2D eigenvalue weighted by molar-refractivity contribution is 7.45. The fourth-order valence-electron chi connectivity index (χ4n) is 9.94. The molecule has 0 spiro atoms. The van der Waals surface area contributed by atoms with E-state index in [1.54, 1.807) is 0 Å². The highest BCUT2D eigenvalue weighted by Gasteiger charge is 2.27. The fraction of sp³-hybridized carbons (Fsp3) is 0.938. The summed E-state index contributed by atoms with van der Waals surface area (Å²) in [6.45, 7) is 6.90. The number of carbonyl (C=O) groups is 2. The zero-order valence-corrected chi connectivity index (χ0v) is 51.2. The summed E-state index contributed by atoms with van der Waals surface area (Å²) in [5, 5.41) is 3.04. The molecule has 0 radical (unpaired) electrons. The van der Waals surface area contributed by atoms with Crippen LogP contribution >= 0.6 is 7.82 Å². The first-order valence-electron chi connectivity index (χ1n) is 32.5. The first-order valence-corrected chi connectivity index (χ1v) is 34.0. The third kappa shape index (κ3) is 55.5. The molecule has 0 aromatic heterocycles. The van der Waals surface area contributed by atoms with Gasteiger partial charge in [0.15, 0.2) is 0 Å². The number of hydrogen-bond acceptors (Lipinski definition) is 7. The second-order valence-corrected chi connectivity index (χ2v) is 25.0. The first kappa shape index (κ1) is 72.8. The lowest BCUT2D eigenvalue weighted by Gasteiger charge is -2.30. The Kier molecular flexibility index (Phi) is 54.1. The van der Waals surface area contributed by atoms with Crippen LogP contribution in [0.5, 0.6) is 0 Å². The van der Waals surface area contributed by atoms with Crippen LogP contribution in [0, 0.1) is 0 Å². The zero-order valence-electron chi connectivity index (χ0n) is 50.3. The van der Waals surface area contributed by atoms with Crippen LogP contribution in [-0.2, 0) is 27.9 Å². The third-order valence-corrected chi connectivity index (χ3v) is 15.9. The number of unbranched alkanes of at least 4 members (excludes halogenated alkanes) is 44. The molecule has 0 aromatic carbocycles. The van der Waals surface area contributed by atoms with Gasteiger partial charge in [0.05, 0.1) is 33.8 Å². The van der Waals surface area contributed by atoms with E-state index in [-0.39, 0.29) is 31.5 Å². The van der Waals surface area contributed by atoms with Crippen molar-refractivity contribution in [3.8, 4) is 0 Å². The van der Waals surface area contributed by atoms with E-state index >= 15 is 0 Å². The molecule has 0 rings (SSSR count). The molecule has 0 aliphatic carbocycles. The molecule has 0 heterocycles. The summed E-state index contributed by atoms with van der Waals surface area (Å²) in [7, 11) is 1.21. The Labute approximate surface area is 461 Å². The highest BCUT2D eigenvalue weighted by Crippen LogP contribution is 2.38. The number of phosphoric acid groups is 1. The first-order chi connectivity index (χ1) is 35.9. The van der Waals surface area contributed by atoms with E-state index < -0.39 is 20.0 Å². The van der Waals surface area contributed by atoms with Crippen LogP contribution in [0.3, 0.4) is 0 Å². The Hall–Kier alpha value is -1.25. The number of allylic oxidation sites excluding steroid dienone is 1. The predicted octanol–water partition coefficient (Wildman–Crippen LogP) is 19.3. The number of amides is 1. The van der Waals surface area contributed by atoms with Gasteiger partial charge in [-0.1, -0.05) is 303 Å². The summed E-state index contributed by atoms with van der Waals surface area (Å²) in [5.41, 5.74) is 0. The highest BCUT2D eigenvalue weighted by atomic mass is 31.2. The molecule has 10 heteroatoms. The summed E-state index contributed by atoms with van der Waals surface area (Å²) in [4.78, 5) is 40.0. The maximum Gasteiger partial charge on any atom is 0.306 e. The topological polar surface area (TPSA) is 114 Å². The molecule has 440 valence electrons. The monoisotopic (exact) mass is 1070 g/mol. The lowest BCUT2D eigenvalue weighted by molar-refractivity contribution is -0.870. The van der Waals surface area contributed by atoms with Gasteiger partial charge in [-0.15, -0.1) is 0 Å². The van der Waals surface area contributed by atoms with Gasteiger partial charge in [0.2, 0.25) is 5.91 Å². The van der Waals surface area contributed by atoms with Crippen molar-refractivity contribution in [1.82, 2.24) is 5.32 Å². The van der Waals surface area contributed by atoms with Gasteiger partial charge in [0, 0.05) is 12.8 Å². The van der Waals surface area contributed by atoms with Gasteiger partial charge in [-0.25, -0.2) is 0 Å². The number of ether oxygens (including phenoxy) is 1. The summed E-state index contributed by atoms with van der Waals surface area (Å²) in [5.74, 6) is -0.518. The lowest BCUT2D eigenvalue weighted by atomic mass is 10.0. The second kappa shape index (κ2) is 55.1. The van der Waals surface area contributed by atoms with Gasteiger partial charge in [-0.05, 0) is 31.8 Å². The van der Waals surface area contributed by atoms with Crippen molar-refractivity contribution in [3.05, 3.63) is 12.2 Å². The Morgan fingerprint density at radius 2 is 0.770 bits per heavy atom. The van der Waals surface area contributed by atoms with Crippen LogP contribution in [0.2, 0.25) is 0 Å². The van der Waals surface area contributed by atoms with E-state index in [9.17, 15) is 19.0 Å². The molecule has 0 aromatic rings. The van der Waals surface area contributed by atoms with Crippen molar-refractivity contribution >= 4 is 19.7 Å². The molecular weight excluding hydrogens is 940 g/mol. The van der Waals surface area contributed by atoms with E-state index in [4.69, 9.17) is 13.8 Å². The number of rotatable bonds is 60. The van der Waals surface area contributed by atoms with Gasteiger partial charge in [0.1, 0.15) is 19.3 Å². The van der Waals surface area contributed by atoms with Gasteiger partial charge in [-0.3, -0.25) is 14.2 Å². The maximum absolute atomic E-state index is 13.5. The molecule has 0 bridgehead atoms. The maximum atomic E-state index is 13.5. The van der Waals surface area contributed by atoms with Crippen LogP contribution in [0.1, 0.15) is 335 Å². The van der Waals surface area contributed by atoms with Crippen LogP contribution < -0.4 is 10.2 Å². The standard InChI is InChI=1S/C64H127N2O7P/c1-7-10-13-16-19-22-25-28-30-31-32-33-34-35-37-38-41-44-47-50-53-56-63(67)65-61(60-72-74(69,70)71-59-58-66(4,5)6)62(55-52-49-46-43-40-27-24-21-18-15-12-9-3)73-64(68)57-54-51-48-45-42-39-36-29-26-23-20-17-14-11-8-2/h52,55,61-62H,7-51,53-54,56-60H2,1-6H3,(H-,65,67,69,70)/b55-52+. The molecule has 0 saturated carbocycles. The summed E-state index contributed by atoms with van der Waals surface area (Å²) < 4.78 is 30.4. The minimum Gasteiger partial charge on any atom is -0.756 e. The smallest absolute Gasteiger partial charge is 0.306 e. The van der Waals surface area contributed by atoms with E-state index in [2.05, 4.69) is 26.1 Å². The number of quaternary nitrogens is 1. The number of esters is 1. The molecule has 9 nitrogen and oxygen atoms in total. The van der Waals surface area contributed by atoms with Gasteiger partial charge < -0.3 is 28.5 Å². The quantitative estimate of drug-likeness (QED) is 0.0212. The molecular formula is C64H127N2O7P. The number of likely N-dealkylation sites (N-methyl/N-ethyl adjacent to an activating group) is 1. The number of nitrogens with one attached hydrogen (secondary N) is 1. The van der Waals surface area contributed by atoms with Crippen molar-refractivity contribution in [2.24, 2.45) is 0 Å². The lowest BCUT2D eigenvalue weighted by Crippen LogP contribution is -2.47. The van der Waals surface area contributed by atoms with Gasteiger partial charge in [0.25, 0.3) is 7.82 Å². The number of hydrogen-bond donors (Lipinski definition) is 1. The van der Waals surface area contributed by atoms with Crippen molar-refractivity contribution in [2.45, 2.75) is 348 Å². The molecule has 3 unspecified atom stereocenters. The van der Waals surface area contributed by atoms with E-state index in [0.29, 0.717) is 17.4 Å². The molecule has 1 N–H and O–H groups in total. The molecule has 1 amide bonds. The zero-order chi connectivity index (χ0) is 54.3. The van der Waals surface area contributed by atoms with Gasteiger partial charge >= 0.3 is 5.97 Å². The molecule has 0 saturated heterocycles. The van der Waals surface area contributed by atoms with Crippen molar-refractivity contribution < 1.29 is 37.3 Å². The molecule has 0 fully saturated rings. The Morgan fingerprint density at radius 1 is 0.459 bits per heavy atom. The van der Waals surface area contributed by atoms with Crippen molar-refractivity contribution in [2.75, 3.05) is 40.9 Å². The Balaban J connectivity index is 5.13. The van der Waals surface area contributed by atoms with Crippen LogP contribution in [0.4, 0.5) is 0 Å². The fourth-order valence-corrected chi connectivity index (χ4v) is 10.7. The average Bonchev–Trinajstić information content (AvgIpc) is 3.36. The average molecular weight is 1070 g/mol. The van der Waals surface area contributed by atoms with Crippen LogP contribution in [-0.4, -0.2) is 69.4 Å². The minimum atomic E-state index is -4.69. The summed E-state index contributed by atoms with van der Waals surface area (Å²) >= 11 is 0. The SMILES string of the molecule is CCCCCCCCCCCC/C=C/C(OC(=O)CCCCCCCCCCCCCCCCC)C(COP(=O)([O-])OCC[N+](C)(C)C)NC(=O)CCCCCCCCCCCCCCCCCCCCCCC. The minimum absolute atomic E-state index is 0.0167. The van der Waals surface area contributed by atoms with Crippen molar-refractivity contribution in [3.63, 3.8) is 0 Å². The van der Waals surface area contributed by atoms with E-state index in [1.165, 1.54) is 244 Å². The normalized spacial score (nSPS) is 13.7. The molecule has 74 heavy (non-hydrogen) atoms. The van der Waals surface area contributed by atoms with Crippen LogP contribution in [0.15, 0.2) is 12.2 Å². The summed E-state index contributed by atoms with van der Waals surface area (Å²) in [6.07, 6.45) is 63.2. The van der Waals surface area contributed by atoms with E-state index in [0.717, 1.165) is 57.8 Å².